The Kier molecular flexibility index (Phi) is 5.62. The SMILES string of the molecule is IN(c1nc(-c2ccncc2)nc2ccccc12)C1CCCCCCC1. The summed E-state index contributed by atoms with van der Waals surface area (Å²) in [5, 5.41) is 1.13. The maximum atomic E-state index is 4.98. The summed E-state index contributed by atoms with van der Waals surface area (Å²) in [5.41, 5.74) is 2.01. The first-order valence-corrected chi connectivity index (χ1v) is 10.4. The van der Waals surface area contributed by atoms with E-state index in [2.05, 4.69) is 49.2 Å². The zero-order valence-corrected chi connectivity index (χ0v) is 17.0. The summed E-state index contributed by atoms with van der Waals surface area (Å²) >= 11 is 2.47. The van der Waals surface area contributed by atoms with Gasteiger partial charge in [0.1, 0.15) is 5.82 Å². The zero-order valence-electron chi connectivity index (χ0n) is 14.8. The van der Waals surface area contributed by atoms with Crippen molar-refractivity contribution in [2.24, 2.45) is 0 Å². The highest BCUT2D eigenvalue weighted by Gasteiger charge is 2.22. The lowest BCUT2D eigenvalue weighted by atomic mass is 9.96. The number of nitrogens with zero attached hydrogens (tertiary/aromatic N) is 4. The van der Waals surface area contributed by atoms with Gasteiger partial charge in [0.15, 0.2) is 5.82 Å². The van der Waals surface area contributed by atoms with Gasteiger partial charge in [0.25, 0.3) is 0 Å². The fourth-order valence-corrected chi connectivity index (χ4v) is 4.61. The van der Waals surface area contributed by atoms with Gasteiger partial charge in [-0.15, -0.1) is 0 Å². The first kappa shape index (κ1) is 17.6. The molecule has 2 heterocycles. The van der Waals surface area contributed by atoms with Crippen LogP contribution in [0.4, 0.5) is 5.82 Å². The second-order valence-corrected chi connectivity index (χ2v) is 7.97. The lowest BCUT2D eigenvalue weighted by Crippen LogP contribution is -2.28. The highest BCUT2D eigenvalue weighted by molar-refractivity contribution is 14.1. The van der Waals surface area contributed by atoms with Crippen molar-refractivity contribution >= 4 is 39.6 Å². The molecule has 1 aliphatic rings. The number of pyridine rings is 1. The van der Waals surface area contributed by atoms with E-state index in [4.69, 9.17) is 9.97 Å². The molecule has 4 nitrogen and oxygen atoms in total. The first-order valence-electron chi connectivity index (χ1n) is 9.45. The van der Waals surface area contributed by atoms with Crippen LogP contribution in [0.1, 0.15) is 44.9 Å². The van der Waals surface area contributed by atoms with Crippen molar-refractivity contribution in [3.05, 3.63) is 48.8 Å². The number of hydrogen-bond donors (Lipinski definition) is 0. The highest BCUT2D eigenvalue weighted by Crippen LogP contribution is 2.34. The summed E-state index contributed by atoms with van der Waals surface area (Å²) < 4.78 is 2.37. The predicted molar refractivity (Wildman–Crippen MR) is 115 cm³/mol. The lowest BCUT2D eigenvalue weighted by molar-refractivity contribution is 0.461. The van der Waals surface area contributed by atoms with Crippen molar-refractivity contribution in [3.8, 4) is 11.4 Å². The summed E-state index contributed by atoms with van der Waals surface area (Å²) in [6.07, 6.45) is 12.8. The topological polar surface area (TPSA) is 41.9 Å². The number of benzene rings is 1. The second-order valence-electron chi connectivity index (χ2n) is 6.93. The summed E-state index contributed by atoms with van der Waals surface area (Å²) in [6, 6.07) is 12.8. The van der Waals surface area contributed by atoms with Gasteiger partial charge in [0, 0.05) is 29.4 Å². The molecule has 1 fully saturated rings. The van der Waals surface area contributed by atoms with E-state index in [1.807, 2.05) is 18.2 Å². The smallest absolute Gasteiger partial charge is 0.162 e. The van der Waals surface area contributed by atoms with Gasteiger partial charge in [-0.25, -0.2) is 9.97 Å². The van der Waals surface area contributed by atoms with Crippen LogP contribution in [0, 0.1) is 0 Å². The number of fused-ring (bicyclic) bond motifs is 1. The molecule has 0 radical (unpaired) electrons. The number of anilines is 1. The molecule has 0 spiro atoms. The Morgan fingerprint density at radius 2 is 1.54 bits per heavy atom. The minimum absolute atomic E-state index is 0.541. The van der Waals surface area contributed by atoms with E-state index in [0.29, 0.717) is 6.04 Å². The molecule has 1 aliphatic carbocycles. The van der Waals surface area contributed by atoms with Crippen LogP contribution in [-0.2, 0) is 0 Å². The fraction of sp³-hybridized carbons (Fsp3) is 0.381. The first-order chi connectivity index (χ1) is 12.8. The van der Waals surface area contributed by atoms with Gasteiger partial charge in [0.2, 0.25) is 0 Å². The van der Waals surface area contributed by atoms with Crippen molar-refractivity contribution < 1.29 is 0 Å². The maximum absolute atomic E-state index is 4.98. The monoisotopic (exact) mass is 458 g/mol. The van der Waals surface area contributed by atoms with E-state index in [9.17, 15) is 0 Å². The van der Waals surface area contributed by atoms with Gasteiger partial charge >= 0.3 is 0 Å². The van der Waals surface area contributed by atoms with Crippen molar-refractivity contribution in [1.82, 2.24) is 15.0 Å². The number of halogens is 1. The molecule has 134 valence electrons. The Bertz CT molecular complexity index is 860. The molecule has 4 rings (SSSR count). The average molecular weight is 458 g/mol. The number of para-hydroxylation sites is 1. The van der Waals surface area contributed by atoms with Gasteiger partial charge in [0.05, 0.1) is 28.4 Å². The van der Waals surface area contributed by atoms with E-state index in [-0.39, 0.29) is 0 Å². The van der Waals surface area contributed by atoms with Crippen LogP contribution in [0.25, 0.3) is 22.3 Å². The largest absolute Gasteiger partial charge is 0.295 e. The molecule has 5 heteroatoms. The van der Waals surface area contributed by atoms with Gasteiger partial charge in [-0.1, -0.05) is 44.2 Å². The predicted octanol–water partition coefficient (Wildman–Crippen LogP) is 5.96. The zero-order chi connectivity index (χ0) is 17.8. The molecule has 1 saturated carbocycles. The third kappa shape index (κ3) is 3.82. The number of aromatic nitrogens is 3. The average Bonchev–Trinajstić information content (AvgIpc) is 2.67. The Hall–Kier alpha value is -1.76. The Balaban J connectivity index is 1.77. The normalized spacial score (nSPS) is 16.2. The van der Waals surface area contributed by atoms with E-state index in [1.54, 1.807) is 12.4 Å². The van der Waals surface area contributed by atoms with Gasteiger partial charge < -0.3 is 0 Å². The van der Waals surface area contributed by atoms with E-state index in [0.717, 1.165) is 28.1 Å². The minimum Gasteiger partial charge on any atom is -0.295 e. The Labute approximate surface area is 168 Å². The fourth-order valence-electron chi connectivity index (χ4n) is 3.69. The molecule has 0 N–H and O–H groups in total. The molecule has 0 saturated heterocycles. The van der Waals surface area contributed by atoms with Crippen LogP contribution >= 0.6 is 22.9 Å². The lowest BCUT2D eigenvalue weighted by Gasteiger charge is -2.29. The van der Waals surface area contributed by atoms with Crippen molar-refractivity contribution in [2.45, 2.75) is 51.0 Å². The van der Waals surface area contributed by atoms with E-state index >= 15 is 0 Å². The summed E-state index contributed by atoms with van der Waals surface area (Å²) in [7, 11) is 0. The van der Waals surface area contributed by atoms with Crippen LogP contribution < -0.4 is 3.11 Å². The molecule has 0 unspecified atom stereocenters. The minimum atomic E-state index is 0.541. The van der Waals surface area contributed by atoms with Gasteiger partial charge in [-0.2, -0.15) is 0 Å². The molecule has 0 bridgehead atoms. The second kappa shape index (κ2) is 8.29. The van der Waals surface area contributed by atoms with Crippen LogP contribution in [0.3, 0.4) is 0 Å². The van der Waals surface area contributed by atoms with Gasteiger partial charge in [-0.05, 0) is 37.1 Å². The molecule has 1 aromatic carbocycles. The summed E-state index contributed by atoms with van der Waals surface area (Å²) in [4.78, 5) is 13.9. The highest BCUT2D eigenvalue weighted by atomic mass is 127. The molecular weight excluding hydrogens is 435 g/mol. The summed E-state index contributed by atoms with van der Waals surface area (Å²) in [6.45, 7) is 0. The van der Waals surface area contributed by atoms with Crippen molar-refractivity contribution in [2.75, 3.05) is 3.11 Å². The quantitative estimate of drug-likeness (QED) is 0.359. The molecule has 0 aliphatic heterocycles. The molecular formula is C21H23IN4. The molecule has 26 heavy (non-hydrogen) atoms. The van der Waals surface area contributed by atoms with E-state index < -0.39 is 0 Å². The maximum Gasteiger partial charge on any atom is 0.162 e. The standard InChI is InChI=1S/C21H23IN4/c22-26(17-8-4-2-1-3-5-9-17)21-18-10-6-7-11-19(18)24-20(25-21)16-12-14-23-15-13-16/h6-7,10-15,17H,1-5,8-9H2. The molecule has 3 aromatic rings. The van der Waals surface area contributed by atoms with Crippen LogP contribution in [0.15, 0.2) is 48.8 Å². The Morgan fingerprint density at radius 1 is 0.846 bits per heavy atom. The third-order valence-electron chi connectivity index (χ3n) is 5.12. The van der Waals surface area contributed by atoms with Gasteiger partial charge in [-0.3, -0.25) is 8.10 Å². The number of hydrogen-bond acceptors (Lipinski definition) is 4. The molecule has 0 atom stereocenters. The molecule has 2 aromatic heterocycles. The van der Waals surface area contributed by atoms with E-state index in [1.165, 1.54) is 44.9 Å². The van der Waals surface area contributed by atoms with Crippen LogP contribution in [0.5, 0.6) is 0 Å². The molecule has 0 amide bonds. The summed E-state index contributed by atoms with van der Waals surface area (Å²) in [5.74, 6) is 1.81. The van der Waals surface area contributed by atoms with Crippen LogP contribution in [0.2, 0.25) is 0 Å². The number of rotatable bonds is 3. The van der Waals surface area contributed by atoms with Crippen molar-refractivity contribution in [1.29, 1.82) is 0 Å². The van der Waals surface area contributed by atoms with Crippen LogP contribution in [-0.4, -0.2) is 21.0 Å². The third-order valence-corrected chi connectivity index (χ3v) is 6.36. The van der Waals surface area contributed by atoms with Crippen molar-refractivity contribution in [3.63, 3.8) is 0 Å². The Morgan fingerprint density at radius 3 is 2.31 bits per heavy atom.